The Kier molecular flexibility index (Phi) is 4.92. The molecule has 0 radical (unpaired) electrons. The second kappa shape index (κ2) is 6.10. The summed E-state index contributed by atoms with van der Waals surface area (Å²) in [6, 6.07) is 1.60. The summed E-state index contributed by atoms with van der Waals surface area (Å²) in [5.41, 5.74) is -0.580. The third-order valence-electron chi connectivity index (χ3n) is 1.84. The number of carbonyl (C=O) groups excluding carboxylic acids is 1. The summed E-state index contributed by atoms with van der Waals surface area (Å²) in [5.74, 6) is -2.31. The van der Waals surface area contributed by atoms with Gasteiger partial charge in [0.05, 0.1) is 0 Å². The number of benzene rings is 1. The fourth-order valence-corrected chi connectivity index (χ4v) is 1.08. The maximum atomic E-state index is 13.2. The van der Waals surface area contributed by atoms with E-state index >= 15 is 0 Å². The highest BCUT2D eigenvalue weighted by atomic mass is 19.4. The first kappa shape index (κ1) is 16.9. The summed E-state index contributed by atoms with van der Waals surface area (Å²) in [7, 11) is 0. The first-order valence-electron chi connectivity index (χ1n) is 4.88. The third-order valence-corrected chi connectivity index (χ3v) is 1.84. The van der Waals surface area contributed by atoms with Crippen LogP contribution in [0.3, 0.4) is 0 Å². The number of ether oxygens (including phenoxy) is 2. The second-order valence-electron chi connectivity index (χ2n) is 3.36. The van der Waals surface area contributed by atoms with Gasteiger partial charge in [0.1, 0.15) is 11.4 Å². The Bertz CT molecular complexity index is 554. The number of aliphatic imine (C=N–C) groups is 1. The molecule has 1 atom stereocenters. The zero-order chi connectivity index (χ0) is 16.3. The van der Waals surface area contributed by atoms with Crippen molar-refractivity contribution in [3.63, 3.8) is 0 Å². The molecule has 0 saturated carbocycles. The van der Waals surface area contributed by atoms with Crippen molar-refractivity contribution in [1.29, 1.82) is 0 Å². The average molecular weight is 319 g/mol. The van der Waals surface area contributed by atoms with E-state index in [0.717, 1.165) is 6.08 Å². The van der Waals surface area contributed by atoms with Gasteiger partial charge in [-0.25, -0.2) is 18.3 Å². The summed E-state index contributed by atoms with van der Waals surface area (Å²) in [6.07, 6.45) is -13.9. The molecule has 0 bridgehead atoms. The lowest BCUT2D eigenvalue weighted by Gasteiger charge is -2.22. The molecular formula is C10H4F7NO3. The van der Waals surface area contributed by atoms with Gasteiger partial charge >= 0.3 is 18.8 Å². The molecule has 0 fully saturated rings. The van der Waals surface area contributed by atoms with Crippen LogP contribution in [-0.4, -0.2) is 24.9 Å². The van der Waals surface area contributed by atoms with Crippen molar-refractivity contribution < 1.29 is 45.0 Å². The molecule has 21 heavy (non-hydrogen) atoms. The lowest BCUT2D eigenvalue weighted by atomic mass is 10.3. The third kappa shape index (κ3) is 5.04. The Morgan fingerprint density at radius 3 is 2.29 bits per heavy atom. The van der Waals surface area contributed by atoms with Gasteiger partial charge in [-0.1, -0.05) is 0 Å². The summed E-state index contributed by atoms with van der Waals surface area (Å²) in [6.45, 7) is 0. The molecule has 0 saturated heterocycles. The molecule has 11 heteroatoms. The van der Waals surface area contributed by atoms with E-state index in [0.29, 0.717) is 12.1 Å². The van der Waals surface area contributed by atoms with Crippen LogP contribution in [0.1, 0.15) is 0 Å². The van der Waals surface area contributed by atoms with E-state index in [1.165, 1.54) is 0 Å². The quantitative estimate of drug-likeness (QED) is 0.473. The molecule has 1 aromatic carbocycles. The van der Waals surface area contributed by atoms with Gasteiger partial charge in [-0.05, 0) is 12.1 Å². The fourth-order valence-electron chi connectivity index (χ4n) is 1.08. The van der Waals surface area contributed by atoms with E-state index < -0.39 is 36.1 Å². The smallest absolute Gasteiger partial charge is 0.428 e. The minimum Gasteiger partial charge on any atom is -0.428 e. The van der Waals surface area contributed by atoms with Gasteiger partial charge < -0.3 is 4.74 Å². The van der Waals surface area contributed by atoms with Crippen molar-refractivity contribution in [3.8, 4) is 5.75 Å². The molecule has 4 nitrogen and oxygen atoms in total. The molecule has 1 rings (SSSR count). The number of hydrogen-bond donors (Lipinski definition) is 0. The predicted octanol–water partition coefficient (Wildman–Crippen LogP) is 3.60. The first-order valence-corrected chi connectivity index (χ1v) is 4.88. The van der Waals surface area contributed by atoms with Crippen molar-refractivity contribution in [2.75, 3.05) is 0 Å². The summed E-state index contributed by atoms with van der Waals surface area (Å²) >= 11 is 0. The molecule has 0 heterocycles. The number of nitrogens with zero attached hydrogens (tertiary/aromatic N) is 1. The highest BCUT2D eigenvalue weighted by Gasteiger charge is 2.50. The van der Waals surface area contributed by atoms with E-state index in [1.54, 1.807) is 0 Å². The lowest BCUT2D eigenvalue weighted by molar-refractivity contribution is -0.411. The van der Waals surface area contributed by atoms with Gasteiger partial charge in [0.2, 0.25) is 6.08 Å². The molecule has 0 aliphatic heterocycles. The molecule has 0 aromatic heterocycles. The van der Waals surface area contributed by atoms with Crippen LogP contribution in [0.15, 0.2) is 23.2 Å². The Morgan fingerprint density at radius 1 is 1.19 bits per heavy atom. The molecule has 0 aliphatic rings. The largest absolute Gasteiger partial charge is 0.525 e. The number of alkyl halides is 6. The van der Waals surface area contributed by atoms with Crippen LogP contribution in [0.25, 0.3) is 0 Å². The Hall–Kier alpha value is -2.13. The van der Waals surface area contributed by atoms with Crippen LogP contribution in [0.5, 0.6) is 5.75 Å². The zero-order valence-electron chi connectivity index (χ0n) is 9.63. The number of rotatable bonds is 5. The predicted molar refractivity (Wildman–Crippen MR) is 51.8 cm³/mol. The van der Waals surface area contributed by atoms with Crippen LogP contribution < -0.4 is 4.74 Å². The van der Waals surface area contributed by atoms with Gasteiger partial charge in [0.15, 0.2) is 5.82 Å². The molecule has 0 aliphatic carbocycles. The lowest BCUT2D eigenvalue weighted by Crippen LogP contribution is -2.41. The minimum atomic E-state index is -5.65. The van der Waals surface area contributed by atoms with Crippen molar-refractivity contribution in [3.05, 3.63) is 24.0 Å². The summed E-state index contributed by atoms with van der Waals surface area (Å²) < 4.78 is 92.8. The highest BCUT2D eigenvalue weighted by Crippen LogP contribution is 2.33. The molecule has 0 N–H and O–H groups in total. The second-order valence-corrected chi connectivity index (χ2v) is 3.36. The SMILES string of the molecule is O=C=Nc1ccc(OC(F)(F)C(F)OC(F)(F)F)cc1F. The van der Waals surface area contributed by atoms with Crippen LogP contribution in [-0.2, 0) is 9.53 Å². The van der Waals surface area contributed by atoms with Crippen LogP contribution in [0.4, 0.5) is 36.4 Å². The molecule has 0 spiro atoms. The van der Waals surface area contributed by atoms with Crippen LogP contribution >= 0.6 is 0 Å². The first-order chi connectivity index (χ1) is 9.55. The molecule has 0 amide bonds. The van der Waals surface area contributed by atoms with Gasteiger partial charge in [-0.2, -0.15) is 13.8 Å². The highest BCUT2D eigenvalue weighted by molar-refractivity contribution is 5.51. The number of hydrogen-bond acceptors (Lipinski definition) is 4. The van der Waals surface area contributed by atoms with Gasteiger partial charge in [0, 0.05) is 6.07 Å². The monoisotopic (exact) mass is 319 g/mol. The maximum Gasteiger partial charge on any atom is 0.525 e. The molecule has 1 unspecified atom stereocenters. The fraction of sp³-hybridized carbons (Fsp3) is 0.300. The number of halogens is 7. The van der Waals surface area contributed by atoms with Gasteiger partial charge in [0.25, 0.3) is 0 Å². The van der Waals surface area contributed by atoms with E-state index in [2.05, 4.69) is 14.5 Å². The van der Waals surface area contributed by atoms with Gasteiger partial charge in [-0.3, -0.25) is 0 Å². The summed E-state index contributed by atoms with van der Waals surface area (Å²) in [4.78, 5) is 12.7. The summed E-state index contributed by atoms with van der Waals surface area (Å²) in [5, 5.41) is 0. The Balaban J connectivity index is 2.88. The molecular weight excluding hydrogens is 315 g/mol. The Morgan fingerprint density at radius 2 is 1.81 bits per heavy atom. The van der Waals surface area contributed by atoms with Crippen molar-refractivity contribution in [2.45, 2.75) is 18.8 Å². The molecule has 1 aromatic rings. The Labute approximate surface area is 111 Å². The van der Waals surface area contributed by atoms with E-state index in [-0.39, 0.29) is 6.07 Å². The van der Waals surface area contributed by atoms with Crippen LogP contribution in [0, 0.1) is 5.82 Å². The van der Waals surface area contributed by atoms with Crippen molar-refractivity contribution >= 4 is 11.8 Å². The van der Waals surface area contributed by atoms with E-state index in [1.807, 2.05) is 0 Å². The van der Waals surface area contributed by atoms with E-state index in [9.17, 15) is 35.5 Å². The van der Waals surface area contributed by atoms with Crippen molar-refractivity contribution in [2.24, 2.45) is 4.99 Å². The van der Waals surface area contributed by atoms with Gasteiger partial charge in [-0.15, -0.1) is 13.2 Å². The van der Waals surface area contributed by atoms with Crippen molar-refractivity contribution in [1.82, 2.24) is 0 Å². The minimum absolute atomic E-state index is 0.268. The normalized spacial score (nSPS) is 13.5. The average Bonchev–Trinajstić information content (AvgIpc) is 2.30. The topological polar surface area (TPSA) is 47.9 Å². The maximum absolute atomic E-state index is 13.2. The van der Waals surface area contributed by atoms with Crippen LogP contribution in [0.2, 0.25) is 0 Å². The standard InChI is InChI=1S/C10H4F7NO3/c11-6-3-5(1-2-7(6)18-4-19)20-9(13,14)8(12)21-10(15,16)17/h1-3,8H. The molecule has 116 valence electrons. The zero-order valence-corrected chi connectivity index (χ0v) is 9.63. The number of isocyanates is 1. The van der Waals surface area contributed by atoms with E-state index in [4.69, 9.17) is 0 Å².